The highest BCUT2D eigenvalue weighted by Crippen LogP contribution is 2.14. The van der Waals surface area contributed by atoms with E-state index in [0.717, 1.165) is 6.07 Å². The van der Waals surface area contributed by atoms with Gasteiger partial charge in [-0.2, -0.15) is 0 Å². The first-order chi connectivity index (χ1) is 9.95. The van der Waals surface area contributed by atoms with E-state index >= 15 is 0 Å². The van der Waals surface area contributed by atoms with Crippen molar-refractivity contribution in [1.82, 2.24) is 5.32 Å². The highest BCUT2D eigenvalue weighted by molar-refractivity contribution is 5.88. The number of aryl methyl sites for hydroxylation is 1. The minimum Gasteiger partial charge on any atom is -0.478 e. The number of carboxylic acids is 1. The van der Waals surface area contributed by atoms with Crippen molar-refractivity contribution in [3.63, 3.8) is 0 Å². The number of halogens is 2. The molecule has 2 rings (SSSR count). The summed E-state index contributed by atoms with van der Waals surface area (Å²) in [5.41, 5.74) is 0.695. The van der Waals surface area contributed by atoms with Gasteiger partial charge in [-0.15, -0.1) is 0 Å². The van der Waals surface area contributed by atoms with Crippen molar-refractivity contribution < 1.29 is 23.1 Å². The van der Waals surface area contributed by atoms with Crippen LogP contribution in [0.15, 0.2) is 28.7 Å². The van der Waals surface area contributed by atoms with Crippen LogP contribution < -0.4 is 5.32 Å². The second-order valence-electron chi connectivity index (χ2n) is 4.69. The Bertz CT molecular complexity index is 632. The summed E-state index contributed by atoms with van der Waals surface area (Å²) in [6, 6.07) is 4.86. The molecule has 2 N–H and O–H groups in total. The standard InChI is InChI=1S/C15H15F2NO3/c1-9-14(15(19)20)7-13(21-9)8-18-3-2-10-4-11(16)6-12(17)5-10/h4-7,18H,2-3,8H2,1H3,(H,19,20). The van der Waals surface area contributed by atoms with E-state index in [4.69, 9.17) is 9.52 Å². The van der Waals surface area contributed by atoms with Crippen molar-refractivity contribution in [2.45, 2.75) is 19.9 Å². The molecule has 1 heterocycles. The lowest BCUT2D eigenvalue weighted by Gasteiger charge is -2.04. The van der Waals surface area contributed by atoms with Crippen LogP contribution >= 0.6 is 0 Å². The average molecular weight is 295 g/mol. The Balaban J connectivity index is 1.84. The first-order valence-electron chi connectivity index (χ1n) is 6.44. The van der Waals surface area contributed by atoms with Crippen molar-refractivity contribution in [2.75, 3.05) is 6.54 Å². The molecule has 1 aromatic carbocycles. The zero-order chi connectivity index (χ0) is 15.4. The van der Waals surface area contributed by atoms with Gasteiger partial charge in [-0.25, -0.2) is 13.6 Å². The molecular weight excluding hydrogens is 280 g/mol. The molecule has 21 heavy (non-hydrogen) atoms. The van der Waals surface area contributed by atoms with Gasteiger partial charge in [0.2, 0.25) is 0 Å². The third-order valence-electron chi connectivity index (χ3n) is 3.01. The van der Waals surface area contributed by atoms with Gasteiger partial charge >= 0.3 is 5.97 Å². The van der Waals surface area contributed by atoms with Crippen molar-refractivity contribution in [3.8, 4) is 0 Å². The van der Waals surface area contributed by atoms with Gasteiger partial charge in [-0.1, -0.05) is 0 Å². The average Bonchev–Trinajstić information content (AvgIpc) is 2.75. The Morgan fingerprint density at radius 2 is 1.90 bits per heavy atom. The Morgan fingerprint density at radius 3 is 2.48 bits per heavy atom. The minimum absolute atomic E-state index is 0.138. The van der Waals surface area contributed by atoms with Crippen LogP contribution in [0.3, 0.4) is 0 Å². The Morgan fingerprint density at radius 1 is 1.24 bits per heavy atom. The lowest BCUT2D eigenvalue weighted by Crippen LogP contribution is -2.16. The first-order valence-corrected chi connectivity index (χ1v) is 6.44. The molecule has 1 aromatic heterocycles. The summed E-state index contributed by atoms with van der Waals surface area (Å²) in [7, 11) is 0. The number of rotatable bonds is 6. The first kappa shape index (κ1) is 15.2. The molecule has 2 aromatic rings. The molecule has 0 atom stereocenters. The number of hydrogen-bond acceptors (Lipinski definition) is 3. The Labute approximate surface area is 120 Å². The van der Waals surface area contributed by atoms with E-state index in [1.165, 1.54) is 18.2 Å². The van der Waals surface area contributed by atoms with E-state index in [1.54, 1.807) is 6.92 Å². The molecule has 0 unspecified atom stereocenters. The SMILES string of the molecule is Cc1oc(CNCCc2cc(F)cc(F)c2)cc1C(=O)O. The van der Waals surface area contributed by atoms with Gasteiger partial charge in [0.05, 0.1) is 6.54 Å². The molecule has 0 radical (unpaired) electrons. The summed E-state index contributed by atoms with van der Waals surface area (Å²) in [6.07, 6.45) is 0.458. The monoisotopic (exact) mass is 295 g/mol. The van der Waals surface area contributed by atoms with Gasteiger partial charge < -0.3 is 14.8 Å². The highest BCUT2D eigenvalue weighted by Gasteiger charge is 2.13. The molecular formula is C15H15F2NO3. The van der Waals surface area contributed by atoms with Gasteiger partial charge in [0.25, 0.3) is 0 Å². The quantitative estimate of drug-likeness (QED) is 0.804. The number of carbonyl (C=O) groups is 1. The predicted octanol–water partition coefficient (Wildman–Crippen LogP) is 2.90. The zero-order valence-corrected chi connectivity index (χ0v) is 11.5. The molecule has 0 saturated heterocycles. The van der Waals surface area contributed by atoms with Crippen LogP contribution in [0, 0.1) is 18.6 Å². The maximum Gasteiger partial charge on any atom is 0.339 e. The van der Waals surface area contributed by atoms with Crippen LogP contribution in [0.1, 0.15) is 27.4 Å². The maximum absolute atomic E-state index is 13.0. The summed E-state index contributed by atoms with van der Waals surface area (Å²) < 4.78 is 31.3. The summed E-state index contributed by atoms with van der Waals surface area (Å²) in [5, 5.41) is 11.9. The van der Waals surface area contributed by atoms with Crippen LogP contribution in [0.4, 0.5) is 8.78 Å². The third kappa shape index (κ3) is 4.13. The fraction of sp³-hybridized carbons (Fsp3) is 0.267. The second kappa shape index (κ2) is 6.49. The molecule has 0 aliphatic carbocycles. The van der Waals surface area contributed by atoms with Gasteiger partial charge in [0.15, 0.2) is 0 Å². The third-order valence-corrected chi connectivity index (χ3v) is 3.01. The van der Waals surface area contributed by atoms with E-state index in [-0.39, 0.29) is 5.56 Å². The van der Waals surface area contributed by atoms with Crippen LogP contribution in [0.25, 0.3) is 0 Å². The molecule has 0 aliphatic heterocycles. The fourth-order valence-corrected chi connectivity index (χ4v) is 2.04. The smallest absolute Gasteiger partial charge is 0.339 e. The highest BCUT2D eigenvalue weighted by atomic mass is 19.1. The number of aromatic carboxylic acids is 1. The van der Waals surface area contributed by atoms with Crippen LogP contribution in [-0.2, 0) is 13.0 Å². The van der Waals surface area contributed by atoms with Crippen molar-refractivity contribution >= 4 is 5.97 Å². The van der Waals surface area contributed by atoms with E-state index in [9.17, 15) is 13.6 Å². The van der Waals surface area contributed by atoms with E-state index < -0.39 is 17.6 Å². The lowest BCUT2D eigenvalue weighted by atomic mass is 10.1. The molecule has 0 fully saturated rings. The Hall–Kier alpha value is -2.21. The van der Waals surface area contributed by atoms with E-state index in [2.05, 4.69) is 5.32 Å². The van der Waals surface area contributed by atoms with Gasteiger partial charge in [0, 0.05) is 6.07 Å². The molecule has 0 aliphatic rings. The summed E-state index contributed by atoms with van der Waals surface area (Å²) in [6.45, 7) is 2.43. The molecule has 0 saturated carbocycles. The van der Waals surface area contributed by atoms with Crippen molar-refractivity contribution in [2.24, 2.45) is 0 Å². The Kier molecular flexibility index (Phi) is 4.70. The molecule has 0 amide bonds. The predicted molar refractivity (Wildman–Crippen MR) is 72.2 cm³/mol. The van der Waals surface area contributed by atoms with Gasteiger partial charge in [-0.05, 0) is 43.7 Å². The topological polar surface area (TPSA) is 62.5 Å². The molecule has 0 bridgehead atoms. The van der Waals surface area contributed by atoms with Gasteiger partial charge in [0.1, 0.15) is 28.7 Å². The molecule has 112 valence electrons. The second-order valence-corrected chi connectivity index (χ2v) is 4.69. The number of benzene rings is 1. The van der Waals surface area contributed by atoms with Crippen molar-refractivity contribution in [3.05, 3.63) is 58.5 Å². The summed E-state index contributed by atoms with van der Waals surface area (Å²) in [4.78, 5) is 10.9. The largest absolute Gasteiger partial charge is 0.478 e. The van der Waals surface area contributed by atoms with E-state index in [1.807, 2.05) is 0 Å². The molecule has 4 nitrogen and oxygen atoms in total. The minimum atomic E-state index is -1.03. The van der Waals surface area contributed by atoms with Gasteiger partial charge in [-0.3, -0.25) is 0 Å². The lowest BCUT2D eigenvalue weighted by molar-refractivity contribution is 0.0695. The molecule has 0 spiro atoms. The van der Waals surface area contributed by atoms with Crippen LogP contribution in [0.5, 0.6) is 0 Å². The number of hydrogen-bond donors (Lipinski definition) is 2. The number of furan rings is 1. The van der Waals surface area contributed by atoms with Crippen LogP contribution in [-0.4, -0.2) is 17.6 Å². The zero-order valence-electron chi connectivity index (χ0n) is 11.5. The maximum atomic E-state index is 13.0. The number of nitrogens with one attached hydrogen (secondary N) is 1. The van der Waals surface area contributed by atoms with E-state index in [0.29, 0.717) is 36.6 Å². The molecule has 6 heteroatoms. The van der Waals surface area contributed by atoms with Crippen LogP contribution in [0.2, 0.25) is 0 Å². The summed E-state index contributed by atoms with van der Waals surface area (Å²) in [5.74, 6) is -1.37. The summed E-state index contributed by atoms with van der Waals surface area (Å²) >= 11 is 0. The number of carboxylic acid groups (broad SMARTS) is 1. The normalized spacial score (nSPS) is 10.8. The van der Waals surface area contributed by atoms with Crippen molar-refractivity contribution in [1.29, 1.82) is 0 Å². The fourth-order valence-electron chi connectivity index (χ4n) is 2.04.